The molecule has 1 aliphatic heterocycles. The molecule has 2 aromatic rings. The summed E-state index contributed by atoms with van der Waals surface area (Å²) in [5.74, 6) is 0.282. The van der Waals surface area contributed by atoms with E-state index in [4.69, 9.17) is 0 Å². The highest BCUT2D eigenvalue weighted by molar-refractivity contribution is 5.39. The van der Waals surface area contributed by atoms with Gasteiger partial charge >= 0.3 is 0 Å². The molecule has 0 saturated heterocycles. The lowest BCUT2D eigenvalue weighted by Crippen LogP contribution is -2.11. The van der Waals surface area contributed by atoms with Crippen LogP contribution >= 0.6 is 0 Å². The van der Waals surface area contributed by atoms with Gasteiger partial charge in [0.15, 0.2) is 0 Å². The molecule has 0 bridgehead atoms. The van der Waals surface area contributed by atoms with Gasteiger partial charge in [-0.05, 0) is 31.3 Å². The van der Waals surface area contributed by atoms with Crippen LogP contribution in [0.5, 0.6) is 5.75 Å². The molecular formula is C12H13N3O. The molecule has 3 rings (SSSR count). The molecule has 1 N–H and O–H groups in total. The van der Waals surface area contributed by atoms with Crippen molar-refractivity contribution in [2.75, 3.05) is 7.05 Å². The summed E-state index contributed by atoms with van der Waals surface area (Å²) >= 11 is 0. The van der Waals surface area contributed by atoms with Crippen LogP contribution in [0, 0.1) is 0 Å². The maximum Gasteiger partial charge on any atom is 0.115 e. The lowest BCUT2D eigenvalue weighted by molar-refractivity contribution is 0.346. The smallest absolute Gasteiger partial charge is 0.115 e. The Hall–Kier alpha value is -1.81. The number of phenolic OH excluding ortho intramolecular Hbond substituents is 1. The first-order valence-electron chi connectivity index (χ1n) is 5.28. The molecule has 4 nitrogen and oxygen atoms in total. The SMILES string of the molecule is CN1Cc2cnn(-c3ccc(O)cc3)c2C1. The van der Waals surface area contributed by atoms with Gasteiger partial charge in [0.25, 0.3) is 0 Å². The van der Waals surface area contributed by atoms with Gasteiger partial charge in [0.2, 0.25) is 0 Å². The maximum absolute atomic E-state index is 9.25. The first kappa shape index (κ1) is 9.42. The summed E-state index contributed by atoms with van der Waals surface area (Å²) < 4.78 is 1.94. The van der Waals surface area contributed by atoms with Crippen molar-refractivity contribution in [2.45, 2.75) is 13.1 Å². The van der Waals surface area contributed by atoms with Gasteiger partial charge in [0, 0.05) is 18.7 Å². The molecule has 1 aromatic heterocycles. The Morgan fingerprint density at radius 3 is 2.69 bits per heavy atom. The topological polar surface area (TPSA) is 41.3 Å². The second kappa shape index (κ2) is 3.35. The van der Waals surface area contributed by atoms with Crippen LogP contribution < -0.4 is 0 Å². The highest BCUT2D eigenvalue weighted by Crippen LogP contribution is 2.24. The van der Waals surface area contributed by atoms with E-state index in [1.165, 1.54) is 11.3 Å². The van der Waals surface area contributed by atoms with E-state index in [2.05, 4.69) is 17.0 Å². The molecule has 2 heterocycles. The molecule has 0 spiro atoms. The van der Waals surface area contributed by atoms with Crippen LogP contribution in [-0.4, -0.2) is 26.8 Å². The van der Waals surface area contributed by atoms with Crippen LogP contribution in [0.1, 0.15) is 11.3 Å². The Morgan fingerprint density at radius 1 is 1.19 bits per heavy atom. The molecular weight excluding hydrogens is 202 g/mol. The Labute approximate surface area is 93.7 Å². The van der Waals surface area contributed by atoms with Crippen molar-refractivity contribution in [3.8, 4) is 11.4 Å². The summed E-state index contributed by atoms with van der Waals surface area (Å²) in [5, 5.41) is 13.6. The predicted molar refractivity (Wildman–Crippen MR) is 60.4 cm³/mol. The molecule has 0 saturated carbocycles. The number of fused-ring (bicyclic) bond motifs is 1. The van der Waals surface area contributed by atoms with Crippen LogP contribution in [0.3, 0.4) is 0 Å². The van der Waals surface area contributed by atoms with Crippen LogP contribution in [0.15, 0.2) is 30.5 Å². The van der Waals surface area contributed by atoms with Crippen molar-refractivity contribution in [1.29, 1.82) is 0 Å². The average molecular weight is 215 g/mol. The van der Waals surface area contributed by atoms with Crippen molar-refractivity contribution >= 4 is 0 Å². The highest BCUT2D eigenvalue weighted by atomic mass is 16.3. The first-order valence-corrected chi connectivity index (χ1v) is 5.28. The van der Waals surface area contributed by atoms with Gasteiger partial charge in [-0.2, -0.15) is 5.10 Å². The Bertz CT molecular complexity index is 516. The fourth-order valence-corrected chi connectivity index (χ4v) is 2.13. The largest absolute Gasteiger partial charge is 0.508 e. The first-order chi connectivity index (χ1) is 7.74. The van der Waals surface area contributed by atoms with Gasteiger partial charge in [-0.25, -0.2) is 4.68 Å². The molecule has 16 heavy (non-hydrogen) atoms. The molecule has 0 amide bonds. The summed E-state index contributed by atoms with van der Waals surface area (Å²) in [4.78, 5) is 2.25. The summed E-state index contributed by atoms with van der Waals surface area (Å²) in [6, 6.07) is 7.12. The fraction of sp³-hybridized carbons (Fsp3) is 0.250. The van der Waals surface area contributed by atoms with Gasteiger partial charge in [-0.15, -0.1) is 0 Å². The number of benzene rings is 1. The molecule has 82 valence electrons. The van der Waals surface area contributed by atoms with E-state index in [9.17, 15) is 5.11 Å². The lowest BCUT2D eigenvalue weighted by Gasteiger charge is -2.08. The maximum atomic E-state index is 9.25. The number of hydrogen-bond acceptors (Lipinski definition) is 3. The molecule has 0 radical (unpaired) electrons. The summed E-state index contributed by atoms with van der Waals surface area (Å²) in [7, 11) is 2.10. The number of aromatic nitrogens is 2. The van der Waals surface area contributed by atoms with E-state index in [1.807, 2.05) is 23.0 Å². The van der Waals surface area contributed by atoms with Crippen molar-refractivity contribution < 1.29 is 5.11 Å². The lowest BCUT2D eigenvalue weighted by atomic mass is 10.2. The zero-order chi connectivity index (χ0) is 11.1. The fourth-order valence-electron chi connectivity index (χ4n) is 2.13. The van der Waals surface area contributed by atoms with Crippen LogP contribution in [0.2, 0.25) is 0 Å². The van der Waals surface area contributed by atoms with E-state index < -0.39 is 0 Å². The zero-order valence-corrected chi connectivity index (χ0v) is 9.09. The normalized spacial score (nSPS) is 15.3. The van der Waals surface area contributed by atoms with Gasteiger partial charge in [-0.1, -0.05) is 0 Å². The van der Waals surface area contributed by atoms with Crippen molar-refractivity contribution in [1.82, 2.24) is 14.7 Å². The van der Waals surface area contributed by atoms with E-state index in [0.717, 1.165) is 18.8 Å². The van der Waals surface area contributed by atoms with E-state index >= 15 is 0 Å². The minimum Gasteiger partial charge on any atom is -0.508 e. The summed E-state index contributed by atoms with van der Waals surface area (Å²) in [5.41, 5.74) is 3.53. The Morgan fingerprint density at radius 2 is 1.94 bits per heavy atom. The summed E-state index contributed by atoms with van der Waals surface area (Å²) in [6.45, 7) is 1.89. The number of nitrogens with zero attached hydrogens (tertiary/aromatic N) is 3. The standard InChI is InChI=1S/C12H13N3O/c1-14-7-9-6-13-15(12(9)8-14)10-2-4-11(16)5-3-10/h2-6,16H,7-8H2,1H3. The average Bonchev–Trinajstić information content (AvgIpc) is 2.78. The third kappa shape index (κ3) is 1.39. The van der Waals surface area contributed by atoms with Crippen LogP contribution in [-0.2, 0) is 13.1 Å². The molecule has 0 atom stereocenters. The van der Waals surface area contributed by atoms with Gasteiger partial charge in [0.05, 0.1) is 17.6 Å². The molecule has 0 unspecified atom stereocenters. The quantitative estimate of drug-likeness (QED) is 0.784. The number of phenols is 1. The molecule has 1 aromatic carbocycles. The Kier molecular flexibility index (Phi) is 1.97. The second-order valence-electron chi connectivity index (χ2n) is 4.22. The number of hydrogen-bond donors (Lipinski definition) is 1. The predicted octanol–water partition coefficient (Wildman–Crippen LogP) is 1.52. The van der Waals surface area contributed by atoms with Gasteiger partial charge < -0.3 is 5.11 Å². The van der Waals surface area contributed by atoms with Crippen molar-refractivity contribution in [3.63, 3.8) is 0 Å². The Balaban J connectivity index is 2.05. The molecule has 4 heteroatoms. The van der Waals surface area contributed by atoms with Crippen molar-refractivity contribution in [2.24, 2.45) is 0 Å². The van der Waals surface area contributed by atoms with Gasteiger partial charge in [-0.3, -0.25) is 4.90 Å². The molecule has 1 aliphatic rings. The molecule has 0 aliphatic carbocycles. The third-order valence-corrected chi connectivity index (χ3v) is 2.91. The van der Waals surface area contributed by atoms with E-state index in [-0.39, 0.29) is 5.75 Å². The van der Waals surface area contributed by atoms with Crippen LogP contribution in [0.4, 0.5) is 0 Å². The minimum atomic E-state index is 0.282. The highest BCUT2D eigenvalue weighted by Gasteiger charge is 2.21. The molecule has 0 fully saturated rings. The third-order valence-electron chi connectivity index (χ3n) is 2.91. The van der Waals surface area contributed by atoms with Crippen molar-refractivity contribution in [3.05, 3.63) is 41.7 Å². The monoisotopic (exact) mass is 215 g/mol. The zero-order valence-electron chi connectivity index (χ0n) is 9.09. The van der Waals surface area contributed by atoms with Crippen LogP contribution in [0.25, 0.3) is 5.69 Å². The van der Waals surface area contributed by atoms with E-state index in [1.54, 1.807) is 12.1 Å². The second-order valence-corrected chi connectivity index (χ2v) is 4.22. The number of rotatable bonds is 1. The van der Waals surface area contributed by atoms with Gasteiger partial charge in [0.1, 0.15) is 5.75 Å². The van der Waals surface area contributed by atoms with E-state index in [0.29, 0.717) is 0 Å². The number of aromatic hydroxyl groups is 1. The minimum absolute atomic E-state index is 0.282. The summed E-state index contributed by atoms with van der Waals surface area (Å²) in [6.07, 6.45) is 1.92.